The predicted octanol–water partition coefficient (Wildman–Crippen LogP) is 1.93. The van der Waals surface area contributed by atoms with Crippen molar-refractivity contribution in [3.63, 3.8) is 0 Å². The lowest BCUT2D eigenvalue weighted by molar-refractivity contribution is -0.133. The maximum atomic E-state index is 11.2. The molecule has 1 aromatic carbocycles. The van der Waals surface area contributed by atoms with Gasteiger partial charge in [0.05, 0.1) is 0 Å². The van der Waals surface area contributed by atoms with Crippen molar-refractivity contribution in [2.75, 3.05) is 13.7 Å². The van der Waals surface area contributed by atoms with Crippen LogP contribution in [0.25, 0.3) is 0 Å². The highest BCUT2D eigenvalue weighted by Gasteiger charge is 2.13. The normalized spacial score (nSPS) is 11.4. The van der Waals surface area contributed by atoms with Gasteiger partial charge in [-0.2, -0.15) is 0 Å². The molecule has 0 saturated carbocycles. The predicted molar refractivity (Wildman–Crippen MR) is 68.7 cm³/mol. The molecule has 0 aliphatic rings. The van der Waals surface area contributed by atoms with Crippen LogP contribution < -0.4 is 0 Å². The molecule has 17 heavy (non-hydrogen) atoms. The van der Waals surface area contributed by atoms with Crippen LogP contribution in [0.2, 0.25) is 0 Å². The van der Waals surface area contributed by atoms with E-state index < -0.39 is 6.61 Å². The molecule has 0 aliphatic carbocycles. The van der Waals surface area contributed by atoms with Crippen molar-refractivity contribution in [1.29, 1.82) is 0 Å². The van der Waals surface area contributed by atoms with Crippen LogP contribution in [0.4, 0.5) is 0 Å². The molecule has 3 heteroatoms. The van der Waals surface area contributed by atoms with Crippen molar-refractivity contribution < 1.29 is 9.90 Å². The highest BCUT2D eigenvalue weighted by molar-refractivity contribution is 5.76. The van der Waals surface area contributed by atoms with Gasteiger partial charge < -0.3 is 10.0 Å². The van der Waals surface area contributed by atoms with Gasteiger partial charge in [-0.3, -0.25) is 4.79 Å². The summed E-state index contributed by atoms with van der Waals surface area (Å²) in [5.41, 5.74) is 2.49. The van der Waals surface area contributed by atoms with E-state index in [0.717, 1.165) is 5.56 Å². The first-order valence-electron chi connectivity index (χ1n) is 5.79. The fourth-order valence-electron chi connectivity index (χ4n) is 1.59. The standard InChI is InChI=1S/C14H21NO2/c1-14(2,3)12-7-5-11(6-8-12)9-15(4)13(17)10-16/h5-8,16H,9-10H2,1-4H3. The van der Waals surface area contributed by atoms with Crippen molar-refractivity contribution in [2.45, 2.75) is 32.7 Å². The summed E-state index contributed by atoms with van der Waals surface area (Å²) >= 11 is 0. The molecule has 1 amide bonds. The van der Waals surface area contributed by atoms with E-state index in [1.807, 2.05) is 12.1 Å². The van der Waals surface area contributed by atoms with Gasteiger partial charge in [-0.25, -0.2) is 0 Å². The SMILES string of the molecule is CN(Cc1ccc(C(C)(C)C)cc1)C(=O)CO. The van der Waals surface area contributed by atoms with Crippen LogP contribution >= 0.6 is 0 Å². The van der Waals surface area contributed by atoms with E-state index in [9.17, 15) is 4.79 Å². The van der Waals surface area contributed by atoms with Gasteiger partial charge in [-0.15, -0.1) is 0 Å². The topological polar surface area (TPSA) is 40.5 Å². The number of aliphatic hydroxyl groups is 1. The fourth-order valence-corrected chi connectivity index (χ4v) is 1.59. The van der Waals surface area contributed by atoms with E-state index in [1.165, 1.54) is 10.5 Å². The second-order valence-corrected chi connectivity index (χ2v) is 5.35. The zero-order valence-corrected chi connectivity index (χ0v) is 11.0. The Morgan fingerprint density at radius 3 is 2.18 bits per heavy atom. The average molecular weight is 235 g/mol. The van der Waals surface area contributed by atoms with Gasteiger partial charge in [0.2, 0.25) is 5.91 Å². The van der Waals surface area contributed by atoms with Crippen LogP contribution in [0, 0.1) is 0 Å². The minimum atomic E-state index is -0.434. The van der Waals surface area contributed by atoms with Gasteiger partial charge in [-0.1, -0.05) is 45.0 Å². The van der Waals surface area contributed by atoms with E-state index in [2.05, 4.69) is 32.9 Å². The maximum Gasteiger partial charge on any atom is 0.248 e. The van der Waals surface area contributed by atoms with Crippen molar-refractivity contribution in [3.05, 3.63) is 35.4 Å². The van der Waals surface area contributed by atoms with Crippen LogP contribution in [-0.4, -0.2) is 29.6 Å². The summed E-state index contributed by atoms with van der Waals surface area (Å²) in [5.74, 6) is -0.259. The first kappa shape index (κ1) is 13.7. The molecule has 94 valence electrons. The number of amides is 1. The lowest BCUT2D eigenvalue weighted by Gasteiger charge is -2.20. The number of carbonyl (C=O) groups is 1. The van der Waals surface area contributed by atoms with Gasteiger partial charge in [0.15, 0.2) is 0 Å². The molecule has 0 saturated heterocycles. The Morgan fingerprint density at radius 1 is 1.24 bits per heavy atom. The molecule has 0 heterocycles. The van der Waals surface area contributed by atoms with Crippen molar-refractivity contribution in [1.82, 2.24) is 4.90 Å². The van der Waals surface area contributed by atoms with Crippen molar-refractivity contribution in [3.8, 4) is 0 Å². The quantitative estimate of drug-likeness (QED) is 0.869. The zero-order valence-electron chi connectivity index (χ0n) is 11.0. The highest BCUT2D eigenvalue weighted by atomic mass is 16.3. The highest BCUT2D eigenvalue weighted by Crippen LogP contribution is 2.22. The smallest absolute Gasteiger partial charge is 0.248 e. The Bertz CT molecular complexity index is 376. The largest absolute Gasteiger partial charge is 0.387 e. The molecular formula is C14H21NO2. The van der Waals surface area contributed by atoms with Crippen molar-refractivity contribution in [2.24, 2.45) is 0 Å². The third kappa shape index (κ3) is 3.86. The molecule has 1 rings (SSSR count). The second-order valence-electron chi connectivity index (χ2n) is 5.35. The monoisotopic (exact) mass is 235 g/mol. The number of aliphatic hydroxyl groups excluding tert-OH is 1. The molecule has 0 radical (unpaired) electrons. The number of benzene rings is 1. The maximum absolute atomic E-state index is 11.2. The fraction of sp³-hybridized carbons (Fsp3) is 0.500. The number of carbonyl (C=O) groups excluding carboxylic acids is 1. The Hall–Kier alpha value is -1.35. The summed E-state index contributed by atoms with van der Waals surface area (Å²) in [6.07, 6.45) is 0. The van der Waals surface area contributed by atoms with Crippen LogP contribution in [0.15, 0.2) is 24.3 Å². The first-order chi connectivity index (χ1) is 7.84. The molecule has 0 fully saturated rings. The molecule has 3 nitrogen and oxygen atoms in total. The number of likely N-dealkylation sites (N-methyl/N-ethyl adjacent to an activating group) is 1. The molecule has 0 atom stereocenters. The summed E-state index contributed by atoms with van der Waals surface area (Å²) in [6, 6.07) is 8.24. The van der Waals surface area contributed by atoms with E-state index in [1.54, 1.807) is 7.05 Å². The van der Waals surface area contributed by atoms with Crippen LogP contribution in [0.5, 0.6) is 0 Å². The van der Waals surface area contributed by atoms with E-state index >= 15 is 0 Å². The molecular weight excluding hydrogens is 214 g/mol. The van der Waals surface area contributed by atoms with E-state index in [-0.39, 0.29) is 11.3 Å². The third-order valence-corrected chi connectivity index (χ3v) is 2.80. The zero-order chi connectivity index (χ0) is 13.1. The summed E-state index contributed by atoms with van der Waals surface area (Å²) in [7, 11) is 1.69. The van der Waals surface area contributed by atoms with Gasteiger partial charge in [0.1, 0.15) is 6.61 Å². The molecule has 0 unspecified atom stereocenters. The summed E-state index contributed by atoms with van der Waals surface area (Å²) < 4.78 is 0. The minimum absolute atomic E-state index is 0.144. The molecule has 0 spiro atoms. The second kappa shape index (κ2) is 5.32. The molecule has 1 aromatic rings. The Labute approximate surface area is 103 Å². The lowest BCUT2D eigenvalue weighted by atomic mass is 9.87. The molecule has 1 N–H and O–H groups in total. The third-order valence-electron chi connectivity index (χ3n) is 2.80. The van der Waals surface area contributed by atoms with Gasteiger partial charge in [-0.05, 0) is 16.5 Å². The number of hydrogen-bond acceptors (Lipinski definition) is 2. The van der Waals surface area contributed by atoms with Gasteiger partial charge in [0.25, 0.3) is 0 Å². The molecule has 0 aliphatic heterocycles. The summed E-state index contributed by atoms with van der Waals surface area (Å²) in [6.45, 7) is 6.61. The van der Waals surface area contributed by atoms with Gasteiger partial charge in [0, 0.05) is 13.6 Å². The first-order valence-corrected chi connectivity index (χ1v) is 5.79. The average Bonchev–Trinajstić information content (AvgIpc) is 2.27. The van der Waals surface area contributed by atoms with Crippen LogP contribution in [-0.2, 0) is 16.8 Å². The van der Waals surface area contributed by atoms with E-state index in [0.29, 0.717) is 6.54 Å². The molecule has 0 bridgehead atoms. The van der Waals surface area contributed by atoms with Gasteiger partial charge >= 0.3 is 0 Å². The number of nitrogens with zero attached hydrogens (tertiary/aromatic N) is 1. The minimum Gasteiger partial charge on any atom is -0.387 e. The van der Waals surface area contributed by atoms with Crippen LogP contribution in [0.3, 0.4) is 0 Å². The van der Waals surface area contributed by atoms with Crippen molar-refractivity contribution >= 4 is 5.91 Å². The lowest BCUT2D eigenvalue weighted by Crippen LogP contribution is -2.28. The Kier molecular flexibility index (Phi) is 4.29. The van der Waals surface area contributed by atoms with E-state index in [4.69, 9.17) is 5.11 Å². The van der Waals surface area contributed by atoms with Crippen LogP contribution in [0.1, 0.15) is 31.9 Å². The Morgan fingerprint density at radius 2 is 1.76 bits per heavy atom. The number of rotatable bonds is 3. The molecule has 0 aromatic heterocycles. The summed E-state index contributed by atoms with van der Waals surface area (Å²) in [4.78, 5) is 12.7. The number of hydrogen-bond donors (Lipinski definition) is 1. The summed E-state index contributed by atoms with van der Waals surface area (Å²) in [5, 5.41) is 8.74. The Balaban J connectivity index is 2.72.